The van der Waals surface area contributed by atoms with Crippen LogP contribution in [0.2, 0.25) is 0 Å². The predicted octanol–water partition coefficient (Wildman–Crippen LogP) is 2.97. The highest BCUT2D eigenvalue weighted by Gasteiger charge is 2.12. The Morgan fingerprint density at radius 2 is 1.78 bits per heavy atom. The summed E-state index contributed by atoms with van der Waals surface area (Å²) in [6.45, 7) is 8.15. The van der Waals surface area contributed by atoms with Crippen molar-refractivity contribution in [2.24, 2.45) is 0 Å². The molecule has 7 heteroatoms. The number of carbonyl (C=O) groups is 1. The molecule has 7 nitrogen and oxygen atoms in total. The molecule has 3 aromatic rings. The van der Waals surface area contributed by atoms with Gasteiger partial charge in [0.1, 0.15) is 0 Å². The summed E-state index contributed by atoms with van der Waals surface area (Å²) in [6.07, 6.45) is 1.84. The zero-order valence-corrected chi connectivity index (χ0v) is 16.3. The first-order valence-corrected chi connectivity index (χ1v) is 8.78. The van der Waals surface area contributed by atoms with Crippen molar-refractivity contribution in [2.75, 3.05) is 23.8 Å². The van der Waals surface area contributed by atoms with Gasteiger partial charge in [0.25, 0.3) is 0 Å². The van der Waals surface area contributed by atoms with Crippen LogP contribution >= 0.6 is 0 Å². The number of aromatic nitrogens is 4. The summed E-state index contributed by atoms with van der Waals surface area (Å²) in [4.78, 5) is 14.2. The van der Waals surface area contributed by atoms with Crippen LogP contribution in [0.25, 0.3) is 5.82 Å². The molecule has 0 saturated heterocycles. The molecule has 1 amide bonds. The molecule has 3 rings (SSSR count). The van der Waals surface area contributed by atoms with Crippen LogP contribution in [0.4, 0.5) is 11.5 Å². The van der Waals surface area contributed by atoms with Crippen molar-refractivity contribution in [3.8, 4) is 5.82 Å². The molecule has 2 aromatic heterocycles. The SMILES string of the molecule is Cc1cc(C)c(NC(=O)CN(C)c2ccc(-n3ccc(C)n3)nn2)c(C)c1. The maximum Gasteiger partial charge on any atom is 0.243 e. The van der Waals surface area contributed by atoms with E-state index in [1.165, 1.54) is 5.56 Å². The van der Waals surface area contributed by atoms with Crippen LogP contribution in [-0.4, -0.2) is 39.5 Å². The number of rotatable bonds is 5. The average molecular weight is 364 g/mol. The molecular weight excluding hydrogens is 340 g/mol. The Morgan fingerprint density at radius 3 is 2.33 bits per heavy atom. The smallest absolute Gasteiger partial charge is 0.243 e. The highest BCUT2D eigenvalue weighted by molar-refractivity contribution is 5.95. The Hall–Kier alpha value is -3.22. The topological polar surface area (TPSA) is 75.9 Å². The van der Waals surface area contributed by atoms with Crippen molar-refractivity contribution in [2.45, 2.75) is 27.7 Å². The lowest BCUT2D eigenvalue weighted by atomic mass is 10.1. The van der Waals surface area contributed by atoms with Crippen molar-refractivity contribution in [3.05, 3.63) is 58.9 Å². The zero-order valence-electron chi connectivity index (χ0n) is 16.3. The second-order valence-corrected chi connectivity index (χ2v) is 6.83. The lowest BCUT2D eigenvalue weighted by Gasteiger charge is -2.19. The molecular formula is C20H24N6O. The van der Waals surface area contributed by atoms with Gasteiger partial charge in [-0.3, -0.25) is 4.79 Å². The molecule has 0 aliphatic carbocycles. The summed E-state index contributed by atoms with van der Waals surface area (Å²) in [5, 5.41) is 15.7. The first kappa shape index (κ1) is 18.6. The van der Waals surface area contributed by atoms with Crippen LogP contribution < -0.4 is 10.2 Å². The summed E-state index contributed by atoms with van der Waals surface area (Å²) in [5.41, 5.74) is 5.08. The minimum atomic E-state index is -0.0962. The summed E-state index contributed by atoms with van der Waals surface area (Å²) >= 11 is 0. The molecule has 0 saturated carbocycles. The molecule has 0 aliphatic heterocycles. The number of nitrogens with one attached hydrogen (secondary N) is 1. The largest absolute Gasteiger partial charge is 0.349 e. The van der Waals surface area contributed by atoms with E-state index in [0.717, 1.165) is 22.5 Å². The fourth-order valence-corrected chi connectivity index (χ4v) is 3.04. The lowest BCUT2D eigenvalue weighted by Crippen LogP contribution is -2.31. The summed E-state index contributed by atoms with van der Waals surface area (Å²) in [5.74, 6) is 1.16. The van der Waals surface area contributed by atoms with E-state index in [2.05, 4.69) is 32.7 Å². The Kier molecular flexibility index (Phi) is 5.21. The van der Waals surface area contributed by atoms with Gasteiger partial charge in [0.15, 0.2) is 11.6 Å². The Morgan fingerprint density at radius 1 is 1.07 bits per heavy atom. The fourth-order valence-electron chi connectivity index (χ4n) is 3.04. The number of likely N-dealkylation sites (N-methyl/N-ethyl adjacent to an activating group) is 1. The standard InChI is InChI=1S/C20H24N6O/c1-13-10-14(2)20(15(3)11-13)21-19(27)12-25(5)17-6-7-18(23-22-17)26-9-8-16(4)24-26/h6-11H,12H2,1-5H3,(H,21,27). The van der Waals surface area contributed by atoms with E-state index in [9.17, 15) is 4.79 Å². The molecule has 0 aliphatic rings. The normalized spacial score (nSPS) is 10.7. The molecule has 140 valence electrons. The van der Waals surface area contributed by atoms with Crippen LogP contribution in [0.15, 0.2) is 36.5 Å². The van der Waals surface area contributed by atoms with Gasteiger partial charge in [-0.25, -0.2) is 4.68 Å². The van der Waals surface area contributed by atoms with Crippen molar-refractivity contribution >= 4 is 17.4 Å². The minimum Gasteiger partial charge on any atom is -0.349 e. The molecule has 0 radical (unpaired) electrons. The van der Waals surface area contributed by atoms with E-state index in [0.29, 0.717) is 11.6 Å². The van der Waals surface area contributed by atoms with Crippen molar-refractivity contribution < 1.29 is 4.79 Å². The third-order valence-electron chi connectivity index (χ3n) is 4.31. The van der Waals surface area contributed by atoms with Gasteiger partial charge in [0, 0.05) is 18.9 Å². The Bertz CT molecular complexity index is 938. The Labute approximate surface area is 159 Å². The van der Waals surface area contributed by atoms with Crippen molar-refractivity contribution in [1.82, 2.24) is 20.0 Å². The third-order valence-corrected chi connectivity index (χ3v) is 4.31. The highest BCUT2D eigenvalue weighted by atomic mass is 16.2. The number of anilines is 2. The molecule has 27 heavy (non-hydrogen) atoms. The van der Waals surface area contributed by atoms with Gasteiger partial charge in [-0.05, 0) is 57.0 Å². The van der Waals surface area contributed by atoms with Gasteiger partial charge in [-0.2, -0.15) is 5.10 Å². The van der Waals surface area contributed by atoms with Gasteiger partial charge in [0.05, 0.1) is 12.2 Å². The molecule has 1 N–H and O–H groups in total. The number of benzene rings is 1. The van der Waals surface area contributed by atoms with Crippen LogP contribution in [-0.2, 0) is 4.79 Å². The van der Waals surface area contributed by atoms with E-state index in [1.54, 1.807) is 9.58 Å². The lowest BCUT2D eigenvalue weighted by molar-refractivity contribution is -0.114. The zero-order chi connectivity index (χ0) is 19.6. The number of nitrogens with zero attached hydrogens (tertiary/aromatic N) is 5. The number of hydrogen-bond acceptors (Lipinski definition) is 5. The number of hydrogen-bond donors (Lipinski definition) is 1. The van der Waals surface area contributed by atoms with Crippen molar-refractivity contribution in [3.63, 3.8) is 0 Å². The summed E-state index contributed by atoms with van der Waals surface area (Å²) in [7, 11) is 1.82. The van der Waals surface area contributed by atoms with Crippen LogP contribution in [0.3, 0.4) is 0 Å². The predicted molar refractivity (Wildman–Crippen MR) is 106 cm³/mol. The van der Waals surface area contributed by atoms with Crippen LogP contribution in [0.5, 0.6) is 0 Å². The monoisotopic (exact) mass is 364 g/mol. The van der Waals surface area contributed by atoms with E-state index < -0.39 is 0 Å². The molecule has 1 aromatic carbocycles. The van der Waals surface area contributed by atoms with Gasteiger partial charge >= 0.3 is 0 Å². The van der Waals surface area contributed by atoms with Crippen LogP contribution in [0.1, 0.15) is 22.4 Å². The quantitative estimate of drug-likeness (QED) is 0.753. The molecule has 2 heterocycles. The van der Waals surface area contributed by atoms with E-state index in [4.69, 9.17) is 0 Å². The Balaban J connectivity index is 1.66. The van der Waals surface area contributed by atoms with Gasteiger partial charge < -0.3 is 10.2 Å². The number of carbonyl (C=O) groups excluding carboxylic acids is 1. The van der Waals surface area contributed by atoms with Crippen molar-refractivity contribution in [1.29, 1.82) is 0 Å². The number of amides is 1. The second kappa shape index (κ2) is 7.57. The maximum absolute atomic E-state index is 12.5. The van der Waals surface area contributed by atoms with E-state index in [1.807, 2.05) is 59.1 Å². The molecule has 0 spiro atoms. The maximum atomic E-state index is 12.5. The van der Waals surface area contributed by atoms with E-state index >= 15 is 0 Å². The molecule has 0 unspecified atom stereocenters. The first-order chi connectivity index (χ1) is 12.8. The average Bonchev–Trinajstić information content (AvgIpc) is 3.04. The first-order valence-electron chi connectivity index (χ1n) is 8.78. The molecule has 0 atom stereocenters. The number of aryl methyl sites for hydroxylation is 4. The molecule has 0 bridgehead atoms. The van der Waals surface area contributed by atoms with Gasteiger partial charge in [-0.15, -0.1) is 10.2 Å². The minimum absolute atomic E-state index is 0.0962. The van der Waals surface area contributed by atoms with Gasteiger partial charge in [0.2, 0.25) is 5.91 Å². The molecule has 0 fully saturated rings. The van der Waals surface area contributed by atoms with Crippen LogP contribution in [0, 0.1) is 27.7 Å². The third kappa shape index (κ3) is 4.31. The highest BCUT2D eigenvalue weighted by Crippen LogP contribution is 2.22. The van der Waals surface area contributed by atoms with Gasteiger partial charge in [-0.1, -0.05) is 17.7 Å². The van der Waals surface area contributed by atoms with E-state index in [-0.39, 0.29) is 12.5 Å². The fraction of sp³-hybridized carbons (Fsp3) is 0.300. The summed E-state index contributed by atoms with van der Waals surface area (Å²) < 4.78 is 1.67. The summed E-state index contributed by atoms with van der Waals surface area (Å²) in [6, 6.07) is 9.69. The second-order valence-electron chi connectivity index (χ2n) is 6.83.